The average Bonchev–Trinajstić information content (AvgIpc) is 3.43. The van der Waals surface area contributed by atoms with Crippen LogP contribution < -0.4 is 4.57 Å². The van der Waals surface area contributed by atoms with Crippen LogP contribution in [0.1, 0.15) is 245 Å². The van der Waals surface area contributed by atoms with Crippen LogP contribution in [0.5, 0.6) is 0 Å². The van der Waals surface area contributed by atoms with E-state index in [9.17, 15) is 0 Å². The van der Waals surface area contributed by atoms with Gasteiger partial charge in [0.25, 0.3) is 5.82 Å². The summed E-state index contributed by atoms with van der Waals surface area (Å²) in [6.07, 6.45) is 54.9. The zero-order valence-corrected chi connectivity index (χ0v) is 31.7. The van der Waals surface area contributed by atoms with Gasteiger partial charge in [-0.2, -0.15) is 0 Å². The summed E-state index contributed by atoms with van der Waals surface area (Å²) in [6.45, 7) is 9.40. The third-order valence-corrected chi connectivity index (χ3v) is 10.3. The number of aryl methyl sites for hydroxylation is 2. The fourth-order valence-electron chi connectivity index (χ4n) is 7.21. The van der Waals surface area contributed by atoms with E-state index in [0.717, 1.165) is 0 Å². The van der Waals surface area contributed by atoms with Crippen molar-refractivity contribution in [3.8, 4) is 0 Å². The van der Waals surface area contributed by atoms with Crippen molar-refractivity contribution in [2.24, 2.45) is 0 Å². The Labute approximate surface area is 285 Å². The number of rotatable bonds is 37. The fraction of sp³-hybridized carbons (Fsp3) is 0.930. The Kier molecular flexibility index (Phi) is 32.4. The molecule has 0 aliphatic rings. The van der Waals surface area contributed by atoms with Crippen LogP contribution in [0.4, 0.5) is 0 Å². The largest absolute Gasteiger partial charge is 0.256 e. The van der Waals surface area contributed by atoms with Gasteiger partial charge in [0.2, 0.25) is 0 Å². The Morgan fingerprint density at radius 1 is 0.378 bits per heavy atom. The molecule has 0 aliphatic heterocycles. The molecule has 45 heavy (non-hydrogen) atoms. The first-order chi connectivity index (χ1) is 22.3. The molecule has 0 amide bonds. The first-order valence-electron chi connectivity index (χ1n) is 21.4. The Morgan fingerprint density at radius 3 is 1.07 bits per heavy atom. The van der Waals surface area contributed by atoms with E-state index in [0.29, 0.717) is 0 Å². The number of hydrogen-bond donors (Lipinski definition) is 0. The molecular formula is C43H85N2+. The molecule has 2 nitrogen and oxygen atoms in total. The van der Waals surface area contributed by atoms with E-state index in [-0.39, 0.29) is 0 Å². The maximum atomic E-state index is 2.63. The van der Waals surface area contributed by atoms with Crippen molar-refractivity contribution in [2.45, 2.75) is 259 Å². The van der Waals surface area contributed by atoms with Crippen molar-refractivity contribution in [1.82, 2.24) is 4.57 Å². The van der Waals surface area contributed by atoms with Gasteiger partial charge in [0, 0.05) is 6.42 Å². The molecule has 0 N–H and O–H groups in total. The molecule has 0 radical (unpaired) electrons. The Balaban J connectivity index is 2.18. The molecule has 0 aromatic carbocycles. The van der Waals surface area contributed by atoms with Gasteiger partial charge in [-0.1, -0.05) is 207 Å². The summed E-state index contributed by atoms with van der Waals surface area (Å²) in [5.74, 6) is 1.62. The second kappa shape index (κ2) is 34.5. The summed E-state index contributed by atoms with van der Waals surface area (Å²) >= 11 is 0. The minimum absolute atomic E-state index is 1.23. The lowest BCUT2D eigenvalue weighted by Crippen LogP contribution is -2.37. The normalized spacial score (nSPS) is 11.6. The molecule has 0 fully saturated rings. The molecule has 0 saturated heterocycles. The molecule has 0 atom stereocenters. The summed E-state index contributed by atoms with van der Waals surface area (Å²) in [5, 5.41) is 0. The highest BCUT2D eigenvalue weighted by Gasteiger charge is 2.16. The number of imidazole rings is 1. The molecule has 2 heteroatoms. The van der Waals surface area contributed by atoms with Crippen molar-refractivity contribution >= 4 is 0 Å². The molecule has 1 heterocycles. The van der Waals surface area contributed by atoms with Crippen molar-refractivity contribution in [1.29, 1.82) is 0 Å². The first kappa shape index (κ1) is 42.2. The number of nitrogens with zero attached hydrogens (tertiary/aromatic N) is 2. The number of hydrogen-bond acceptors (Lipinski definition) is 0. The first-order valence-corrected chi connectivity index (χ1v) is 21.4. The van der Waals surface area contributed by atoms with Crippen LogP contribution in [-0.4, -0.2) is 4.57 Å². The SMILES string of the molecule is CCCCCCCCCCCCCCCCCCc1n(CCCCCCCCCCCCCCC)cc[n+]1CCCCCCC. The zero-order valence-electron chi connectivity index (χ0n) is 31.7. The van der Waals surface area contributed by atoms with Crippen LogP contribution in [0.2, 0.25) is 0 Å². The smallest absolute Gasteiger partial charge is 0.234 e. The Morgan fingerprint density at radius 2 is 0.689 bits per heavy atom. The van der Waals surface area contributed by atoms with E-state index in [4.69, 9.17) is 0 Å². The van der Waals surface area contributed by atoms with E-state index in [1.807, 2.05) is 0 Å². The van der Waals surface area contributed by atoms with Gasteiger partial charge >= 0.3 is 0 Å². The second-order valence-electron chi connectivity index (χ2n) is 14.8. The predicted octanol–water partition coefficient (Wildman–Crippen LogP) is 14.6. The summed E-state index contributed by atoms with van der Waals surface area (Å²) in [7, 11) is 0. The summed E-state index contributed by atoms with van der Waals surface area (Å²) in [6, 6.07) is 0. The maximum absolute atomic E-state index is 2.63. The second-order valence-corrected chi connectivity index (χ2v) is 14.8. The Hall–Kier alpha value is -0.790. The molecule has 1 aromatic rings. The lowest BCUT2D eigenvalue weighted by molar-refractivity contribution is -0.704. The highest BCUT2D eigenvalue weighted by Crippen LogP contribution is 2.16. The van der Waals surface area contributed by atoms with Gasteiger partial charge in [0.1, 0.15) is 12.4 Å². The van der Waals surface area contributed by atoms with Gasteiger partial charge in [0.05, 0.1) is 13.1 Å². The standard InChI is InChI=1S/C43H85N2/c1-4-7-10-13-15-17-19-21-22-23-24-26-28-30-32-35-38-43-44(39-36-33-12-9-6-3)41-42-45(43)40-37-34-31-29-27-25-20-18-16-14-11-8-5-2/h41-42H,4-40H2,1-3H3/q+1. The lowest BCUT2D eigenvalue weighted by atomic mass is 10.0. The minimum atomic E-state index is 1.23. The highest BCUT2D eigenvalue weighted by atomic mass is 15.1. The van der Waals surface area contributed by atoms with Crippen LogP contribution >= 0.6 is 0 Å². The van der Waals surface area contributed by atoms with E-state index in [1.165, 1.54) is 238 Å². The molecule has 0 saturated carbocycles. The van der Waals surface area contributed by atoms with Crippen LogP contribution in [0.15, 0.2) is 12.4 Å². The number of unbranched alkanes of at least 4 members (excludes halogenated alkanes) is 31. The van der Waals surface area contributed by atoms with E-state index < -0.39 is 0 Å². The maximum Gasteiger partial charge on any atom is 0.256 e. The van der Waals surface area contributed by atoms with Gasteiger partial charge < -0.3 is 0 Å². The number of aromatic nitrogens is 2. The highest BCUT2D eigenvalue weighted by molar-refractivity contribution is 4.84. The van der Waals surface area contributed by atoms with E-state index in [1.54, 1.807) is 5.82 Å². The van der Waals surface area contributed by atoms with Gasteiger partial charge in [0.15, 0.2) is 0 Å². The quantitative estimate of drug-likeness (QED) is 0.0511. The predicted molar refractivity (Wildman–Crippen MR) is 202 cm³/mol. The summed E-state index contributed by atoms with van der Waals surface area (Å²) < 4.78 is 5.26. The van der Waals surface area contributed by atoms with Gasteiger partial charge in [-0.05, 0) is 32.1 Å². The monoisotopic (exact) mass is 630 g/mol. The van der Waals surface area contributed by atoms with Crippen molar-refractivity contribution in [3.05, 3.63) is 18.2 Å². The minimum Gasteiger partial charge on any atom is -0.234 e. The summed E-state index contributed by atoms with van der Waals surface area (Å²) in [5.41, 5.74) is 0. The van der Waals surface area contributed by atoms with Crippen LogP contribution in [0.25, 0.3) is 0 Å². The van der Waals surface area contributed by atoms with Crippen molar-refractivity contribution < 1.29 is 4.57 Å². The third-order valence-electron chi connectivity index (χ3n) is 10.3. The average molecular weight is 630 g/mol. The molecule has 0 bridgehead atoms. The molecule has 1 aromatic heterocycles. The molecule has 0 aliphatic carbocycles. The van der Waals surface area contributed by atoms with Crippen molar-refractivity contribution in [2.75, 3.05) is 0 Å². The molecule has 0 spiro atoms. The van der Waals surface area contributed by atoms with E-state index >= 15 is 0 Å². The molecule has 266 valence electrons. The van der Waals surface area contributed by atoms with Crippen molar-refractivity contribution in [3.63, 3.8) is 0 Å². The van der Waals surface area contributed by atoms with Crippen LogP contribution in [-0.2, 0) is 19.5 Å². The Bertz CT molecular complexity index is 692. The van der Waals surface area contributed by atoms with Crippen LogP contribution in [0, 0.1) is 0 Å². The lowest BCUT2D eigenvalue weighted by Gasteiger charge is -2.07. The topological polar surface area (TPSA) is 8.81 Å². The van der Waals surface area contributed by atoms with E-state index in [2.05, 4.69) is 42.3 Å². The van der Waals surface area contributed by atoms with Gasteiger partial charge in [-0.3, -0.25) is 0 Å². The molecular weight excluding hydrogens is 544 g/mol. The summed E-state index contributed by atoms with van der Waals surface area (Å²) in [4.78, 5) is 0. The van der Waals surface area contributed by atoms with Gasteiger partial charge in [-0.15, -0.1) is 0 Å². The fourth-order valence-corrected chi connectivity index (χ4v) is 7.21. The van der Waals surface area contributed by atoms with Gasteiger partial charge in [-0.25, -0.2) is 9.13 Å². The zero-order chi connectivity index (χ0) is 32.3. The molecule has 1 rings (SSSR count). The molecule has 0 unspecified atom stereocenters. The van der Waals surface area contributed by atoms with Crippen LogP contribution in [0.3, 0.4) is 0 Å². The third kappa shape index (κ3) is 26.9.